The third-order valence-electron chi connectivity index (χ3n) is 3.11. The Kier molecular flexibility index (Phi) is 3.90. The lowest BCUT2D eigenvalue weighted by Gasteiger charge is -2.26. The van der Waals surface area contributed by atoms with Crippen molar-refractivity contribution < 1.29 is 10.2 Å². The van der Waals surface area contributed by atoms with Gasteiger partial charge in [0.15, 0.2) is 11.3 Å². The highest BCUT2D eigenvalue weighted by Gasteiger charge is 2.29. The summed E-state index contributed by atoms with van der Waals surface area (Å²) in [6.07, 6.45) is 1.49. The van der Waals surface area contributed by atoms with Gasteiger partial charge in [0.1, 0.15) is 6.07 Å². The molecule has 0 fully saturated rings. The Balaban J connectivity index is 3.34. The lowest BCUT2D eigenvalue weighted by molar-refractivity contribution is 0.305. The second-order valence-corrected chi connectivity index (χ2v) is 7.17. The molecule has 4 heteroatoms. The van der Waals surface area contributed by atoms with Gasteiger partial charge in [-0.1, -0.05) is 20.8 Å². The second kappa shape index (κ2) is 4.80. The Hall–Kier alpha value is -1.63. The average Bonchev–Trinajstić information content (AvgIpc) is 2.45. The summed E-state index contributed by atoms with van der Waals surface area (Å²) in [7, 11) is 0. The van der Waals surface area contributed by atoms with Gasteiger partial charge in [0.2, 0.25) is 5.88 Å². The summed E-state index contributed by atoms with van der Waals surface area (Å²) in [5, 5.41) is 29.3. The number of hydrogen-bond donors (Lipinski definition) is 2. The molecule has 0 radical (unpaired) electrons. The van der Waals surface area contributed by atoms with Crippen LogP contribution in [0.25, 0.3) is 0 Å². The first-order chi connectivity index (χ1) is 8.49. The van der Waals surface area contributed by atoms with Crippen LogP contribution in [0.15, 0.2) is 0 Å². The quantitative estimate of drug-likeness (QED) is 0.858. The zero-order valence-corrected chi connectivity index (χ0v) is 12.7. The van der Waals surface area contributed by atoms with Crippen molar-refractivity contribution >= 4 is 0 Å². The first-order valence-electron chi connectivity index (χ1n) is 6.55. The molecule has 0 spiro atoms. The van der Waals surface area contributed by atoms with Gasteiger partial charge >= 0.3 is 0 Å². The second-order valence-electron chi connectivity index (χ2n) is 7.17. The van der Waals surface area contributed by atoms with E-state index in [0.717, 1.165) is 6.42 Å². The fourth-order valence-corrected chi connectivity index (χ4v) is 2.14. The van der Waals surface area contributed by atoms with Crippen LogP contribution in [0.5, 0.6) is 11.6 Å². The zero-order chi connectivity index (χ0) is 15.0. The predicted octanol–water partition coefficient (Wildman–Crippen LogP) is 3.50. The Labute approximate surface area is 115 Å². The van der Waals surface area contributed by atoms with Crippen molar-refractivity contribution in [3.8, 4) is 17.7 Å². The predicted molar refractivity (Wildman–Crippen MR) is 75.2 cm³/mol. The van der Waals surface area contributed by atoms with Gasteiger partial charge < -0.3 is 14.8 Å². The highest BCUT2D eigenvalue weighted by atomic mass is 16.3. The van der Waals surface area contributed by atoms with E-state index in [0.29, 0.717) is 12.1 Å². The molecule has 0 saturated carbocycles. The van der Waals surface area contributed by atoms with Crippen LogP contribution in [0.1, 0.15) is 59.2 Å². The summed E-state index contributed by atoms with van der Waals surface area (Å²) >= 11 is 0. The van der Waals surface area contributed by atoms with E-state index in [1.807, 2.05) is 26.8 Å². The van der Waals surface area contributed by atoms with E-state index in [1.165, 1.54) is 0 Å². The Bertz CT molecular complexity index is 508. The number of aromatic hydroxyl groups is 2. The summed E-state index contributed by atoms with van der Waals surface area (Å²) in [4.78, 5) is 0. The molecular formula is C15H24N2O2. The van der Waals surface area contributed by atoms with E-state index in [-0.39, 0.29) is 28.1 Å². The molecule has 0 aliphatic carbocycles. The van der Waals surface area contributed by atoms with E-state index in [9.17, 15) is 10.2 Å². The van der Waals surface area contributed by atoms with Crippen molar-refractivity contribution in [2.24, 2.45) is 5.41 Å². The standard InChI is InChI=1S/C15H24N2O2/c1-14(2,3)8-7-11-12(18)10(9-16)13(19)17(11)15(4,5)6/h18-19H,7-8H2,1-6H3. The van der Waals surface area contributed by atoms with E-state index >= 15 is 0 Å². The molecule has 1 aromatic heterocycles. The van der Waals surface area contributed by atoms with Crippen molar-refractivity contribution in [2.45, 2.75) is 59.9 Å². The van der Waals surface area contributed by atoms with Crippen LogP contribution in [-0.2, 0) is 12.0 Å². The fourth-order valence-electron chi connectivity index (χ4n) is 2.14. The minimum Gasteiger partial charge on any atom is -0.505 e. The minimum atomic E-state index is -0.385. The highest BCUT2D eigenvalue weighted by molar-refractivity contribution is 5.54. The number of hydrogen-bond acceptors (Lipinski definition) is 3. The molecule has 2 N–H and O–H groups in total. The first kappa shape index (κ1) is 15.4. The van der Waals surface area contributed by atoms with Gasteiger partial charge in [-0.25, -0.2) is 0 Å². The van der Waals surface area contributed by atoms with Crippen LogP contribution in [-0.4, -0.2) is 14.8 Å². The fraction of sp³-hybridized carbons (Fsp3) is 0.667. The number of rotatable bonds is 2. The van der Waals surface area contributed by atoms with Crippen molar-refractivity contribution in [3.63, 3.8) is 0 Å². The topological polar surface area (TPSA) is 69.2 Å². The number of nitrogens with zero attached hydrogens (tertiary/aromatic N) is 2. The maximum atomic E-state index is 10.1. The van der Waals surface area contributed by atoms with Gasteiger partial charge in [-0.15, -0.1) is 0 Å². The van der Waals surface area contributed by atoms with Crippen LogP contribution < -0.4 is 0 Å². The van der Waals surface area contributed by atoms with Gasteiger partial charge in [-0.2, -0.15) is 5.26 Å². The molecule has 1 aromatic rings. The van der Waals surface area contributed by atoms with Crippen LogP contribution >= 0.6 is 0 Å². The Morgan fingerprint density at radius 3 is 2.00 bits per heavy atom. The third kappa shape index (κ3) is 3.23. The molecule has 0 amide bonds. The Morgan fingerprint density at radius 1 is 1.11 bits per heavy atom. The molecular weight excluding hydrogens is 240 g/mol. The smallest absolute Gasteiger partial charge is 0.214 e. The molecule has 0 atom stereocenters. The molecule has 0 unspecified atom stereocenters. The third-order valence-corrected chi connectivity index (χ3v) is 3.11. The normalized spacial score (nSPS) is 12.5. The highest BCUT2D eigenvalue weighted by Crippen LogP contribution is 2.40. The average molecular weight is 264 g/mol. The van der Waals surface area contributed by atoms with Gasteiger partial charge in [0.05, 0.1) is 5.69 Å². The molecule has 1 rings (SSSR count). The first-order valence-corrected chi connectivity index (χ1v) is 6.55. The summed E-state index contributed by atoms with van der Waals surface area (Å²) in [6, 6.07) is 1.87. The van der Waals surface area contributed by atoms with Gasteiger partial charge in [0.25, 0.3) is 0 Å². The SMILES string of the molecule is CC(C)(C)CCc1c(O)c(C#N)c(O)n1C(C)(C)C. The molecule has 4 nitrogen and oxygen atoms in total. The summed E-state index contributed by atoms with van der Waals surface area (Å²) in [5.74, 6) is -0.226. The zero-order valence-electron chi connectivity index (χ0n) is 12.7. The molecule has 19 heavy (non-hydrogen) atoms. The molecule has 0 bridgehead atoms. The summed E-state index contributed by atoms with van der Waals surface area (Å²) < 4.78 is 1.66. The van der Waals surface area contributed by atoms with Crippen LogP contribution in [0.3, 0.4) is 0 Å². The molecule has 0 aliphatic heterocycles. The molecule has 1 heterocycles. The van der Waals surface area contributed by atoms with Crippen molar-refractivity contribution in [1.82, 2.24) is 4.57 Å². The minimum absolute atomic E-state index is 0.0289. The van der Waals surface area contributed by atoms with E-state index in [4.69, 9.17) is 5.26 Å². The maximum Gasteiger partial charge on any atom is 0.214 e. The maximum absolute atomic E-state index is 10.1. The molecule has 0 saturated heterocycles. The van der Waals surface area contributed by atoms with Crippen molar-refractivity contribution in [2.75, 3.05) is 0 Å². The van der Waals surface area contributed by atoms with Gasteiger partial charge in [-0.3, -0.25) is 0 Å². The monoisotopic (exact) mass is 264 g/mol. The van der Waals surface area contributed by atoms with Crippen molar-refractivity contribution in [3.05, 3.63) is 11.3 Å². The van der Waals surface area contributed by atoms with E-state index in [1.54, 1.807) is 4.57 Å². The van der Waals surface area contributed by atoms with Crippen LogP contribution in [0, 0.1) is 16.7 Å². The van der Waals surface area contributed by atoms with E-state index in [2.05, 4.69) is 20.8 Å². The lowest BCUT2D eigenvalue weighted by atomic mass is 9.89. The molecule has 0 aromatic carbocycles. The van der Waals surface area contributed by atoms with Crippen molar-refractivity contribution in [1.29, 1.82) is 5.26 Å². The largest absolute Gasteiger partial charge is 0.505 e. The molecule has 0 aliphatic rings. The van der Waals surface area contributed by atoms with Crippen LogP contribution in [0.2, 0.25) is 0 Å². The summed E-state index contributed by atoms with van der Waals surface area (Å²) in [5.41, 5.74) is 0.349. The number of nitriles is 1. The Morgan fingerprint density at radius 2 is 1.63 bits per heavy atom. The number of aromatic nitrogens is 1. The van der Waals surface area contributed by atoms with Gasteiger partial charge in [-0.05, 0) is 39.0 Å². The molecule has 106 valence electrons. The summed E-state index contributed by atoms with van der Waals surface area (Å²) in [6.45, 7) is 12.2. The van der Waals surface area contributed by atoms with Crippen LogP contribution in [0.4, 0.5) is 0 Å². The van der Waals surface area contributed by atoms with E-state index < -0.39 is 0 Å². The van der Waals surface area contributed by atoms with Gasteiger partial charge in [0, 0.05) is 5.54 Å². The lowest BCUT2D eigenvalue weighted by Crippen LogP contribution is -2.24.